The monoisotopic (exact) mass is 679 g/mol. The molecule has 0 aliphatic rings. The van der Waals surface area contributed by atoms with Gasteiger partial charge in [-0.2, -0.15) is 0 Å². The van der Waals surface area contributed by atoms with E-state index in [4.69, 9.17) is 5.73 Å². The second-order valence-electron chi connectivity index (χ2n) is 13.5. The highest BCUT2D eigenvalue weighted by molar-refractivity contribution is 6.24. The number of nitrogens with two attached hydrogens (primary N) is 1. The molecule has 0 fully saturated rings. The Morgan fingerprint density at radius 1 is 0.547 bits per heavy atom. The van der Waals surface area contributed by atoms with Gasteiger partial charge < -0.3 is 5.73 Å². The predicted molar refractivity (Wildman–Crippen MR) is 232 cm³/mol. The zero-order valence-corrected chi connectivity index (χ0v) is 30.0. The minimum absolute atomic E-state index is 0.740. The van der Waals surface area contributed by atoms with Crippen molar-refractivity contribution in [3.8, 4) is 33.4 Å². The largest absolute Gasteiger partial charge is 0.405 e. The van der Waals surface area contributed by atoms with Crippen LogP contribution >= 0.6 is 0 Å². The third-order valence-electron chi connectivity index (χ3n) is 10.4. The number of rotatable bonds is 9. The second-order valence-corrected chi connectivity index (χ2v) is 13.5. The van der Waals surface area contributed by atoms with Gasteiger partial charge in [-0.3, -0.25) is 0 Å². The summed E-state index contributed by atoms with van der Waals surface area (Å²) >= 11 is 0. The van der Waals surface area contributed by atoms with E-state index in [0.717, 1.165) is 34.2 Å². The Morgan fingerprint density at radius 3 is 1.75 bits per heavy atom. The van der Waals surface area contributed by atoms with Gasteiger partial charge >= 0.3 is 0 Å². The fraction of sp³-hybridized carbons (Fsp3) is 0.0385. The summed E-state index contributed by atoms with van der Waals surface area (Å²) in [7, 11) is 0. The lowest BCUT2D eigenvalue weighted by Crippen LogP contribution is -1.94. The van der Waals surface area contributed by atoms with Crippen molar-refractivity contribution in [3.63, 3.8) is 0 Å². The van der Waals surface area contributed by atoms with E-state index in [1.807, 2.05) is 18.2 Å². The maximum Gasteiger partial charge on any atom is -0.00201 e. The molecule has 2 N–H and O–H groups in total. The fourth-order valence-corrected chi connectivity index (χ4v) is 7.93. The minimum Gasteiger partial charge on any atom is -0.405 e. The van der Waals surface area contributed by atoms with Crippen LogP contribution in [-0.2, 0) is 6.42 Å². The molecular formula is C52H41N. The van der Waals surface area contributed by atoms with E-state index in [1.54, 1.807) is 6.20 Å². The van der Waals surface area contributed by atoms with Crippen LogP contribution < -0.4 is 5.73 Å². The molecule has 0 aromatic heterocycles. The molecule has 53 heavy (non-hydrogen) atoms. The van der Waals surface area contributed by atoms with Crippen molar-refractivity contribution in [2.45, 2.75) is 13.3 Å². The molecule has 1 nitrogen and oxygen atoms in total. The highest BCUT2D eigenvalue weighted by Gasteiger charge is 2.19. The fourth-order valence-electron chi connectivity index (χ4n) is 7.93. The van der Waals surface area contributed by atoms with Crippen molar-refractivity contribution < 1.29 is 0 Å². The summed E-state index contributed by atoms with van der Waals surface area (Å²) < 4.78 is 0. The van der Waals surface area contributed by atoms with Crippen LogP contribution in [0.3, 0.4) is 0 Å². The summed E-state index contributed by atoms with van der Waals surface area (Å²) in [6.45, 7) is 10.2. The van der Waals surface area contributed by atoms with E-state index in [0.29, 0.717) is 0 Å². The van der Waals surface area contributed by atoms with E-state index in [2.05, 4.69) is 178 Å². The first-order valence-electron chi connectivity index (χ1n) is 18.2. The lowest BCUT2D eigenvalue weighted by atomic mass is 9.83. The molecule has 0 radical (unpaired) electrons. The quantitative estimate of drug-likeness (QED) is 0.119. The summed E-state index contributed by atoms with van der Waals surface area (Å²) in [6.07, 6.45) is 10.4. The lowest BCUT2D eigenvalue weighted by Gasteiger charge is -2.20. The molecule has 0 amide bonds. The molecule has 0 saturated carbocycles. The zero-order chi connectivity index (χ0) is 36.3. The number of hydrogen-bond donors (Lipinski definition) is 1. The molecule has 8 aromatic rings. The van der Waals surface area contributed by atoms with Gasteiger partial charge in [0.15, 0.2) is 0 Å². The van der Waals surface area contributed by atoms with E-state index >= 15 is 0 Å². The topological polar surface area (TPSA) is 26.0 Å². The maximum atomic E-state index is 6.04. The van der Waals surface area contributed by atoms with E-state index in [9.17, 15) is 0 Å². The predicted octanol–water partition coefficient (Wildman–Crippen LogP) is 13.8. The first-order valence-corrected chi connectivity index (χ1v) is 18.2. The van der Waals surface area contributed by atoms with Crippen molar-refractivity contribution in [1.82, 2.24) is 0 Å². The molecule has 254 valence electrons. The normalized spacial score (nSPS) is 11.8. The van der Waals surface area contributed by atoms with E-state index in [-0.39, 0.29) is 0 Å². The number of hydrogen-bond acceptors (Lipinski definition) is 1. The molecule has 0 unspecified atom stereocenters. The van der Waals surface area contributed by atoms with Gasteiger partial charge in [-0.05, 0) is 125 Å². The molecule has 0 heterocycles. The summed E-state index contributed by atoms with van der Waals surface area (Å²) in [4.78, 5) is 0. The first kappa shape index (κ1) is 33.4. The third kappa shape index (κ3) is 6.17. The molecule has 0 aliphatic carbocycles. The van der Waals surface area contributed by atoms with Crippen LogP contribution in [0.2, 0.25) is 0 Å². The van der Waals surface area contributed by atoms with Crippen LogP contribution in [0.25, 0.3) is 83.4 Å². The Kier molecular flexibility index (Phi) is 9.15. The summed E-state index contributed by atoms with van der Waals surface area (Å²) in [6, 6.07) is 55.2. The first-order chi connectivity index (χ1) is 26.1. The Labute approximate surface area is 312 Å². The van der Waals surface area contributed by atoms with Crippen LogP contribution in [0.5, 0.6) is 0 Å². The molecule has 0 spiro atoms. The van der Waals surface area contributed by atoms with Crippen molar-refractivity contribution in [3.05, 3.63) is 211 Å². The van der Waals surface area contributed by atoms with Crippen LogP contribution in [0.4, 0.5) is 0 Å². The standard InChI is InChI=1S/C52H41N/c1-4-36-14-12-15-38(42(36)5-2)29-28-37(32-33-53)40-16-13-17-41(34-40)51-46-20-8-10-22-48(46)52(49-23-11-9-21-47(49)51)50-31-30-43(39-26-24-35(3)25-27-39)44-18-6-7-19-45(44)50/h4-28,30-34H,1-2,29,53H2,3H3/b33-32-,37-28+. The summed E-state index contributed by atoms with van der Waals surface area (Å²) in [5.74, 6) is 0. The smallest absolute Gasteiger partial charge is 0.00201 e. The van der Waals surface area contributed by atoms with Crippen LogP contribution in [0, 0.1) is 6.92 Å². The van der Waals surface area contributed by atoms with Gasteiger partial charge in [-0.15, -0.1) is 0 Å². The maximum absolute atomic E-state index is 6.04. The Morgan fingerprint density at radius 2 is 1.13 bits per heavy atom. The van der Waals surface area contributed by atoms with Gasteiger partial charge in [-0.25, -0.2) is 0 Å². The zero-order valence-electron chi connectivity index (χ0n) is 30.0. The second kappa shape index (κ2) is 14.5. The molecule has 0 bridgehead atoms. The molecule has 0 saturated heterocycles. The van der Waals surface area contributed by atoms with E-state index in [1.165, 1.54) is 71.3 Å². The highest BCUT2D eigenvalue weighted by Crippen LogP contribution is 2.46. The van der Waals surface area contributed by atoms with Gasteiger partial charge in [0.05, 0.1) is 0 Å². The molecule has 0 atom stereocenters. The van der Waals surface area contributed by atoms with Crippen molar-refractivity contribution >= 4 is 50.0 Å². The Balaban J connectivity index is 1.31. The Hall–Kier alpha value is -6.70. The average Bonchev–Trinajstić information content (AvgIpc) is 3.21. The summed E-state index contributed by atoms with van der Waals surface area (Å²) in [5.41, 5.74) is 20.2. The van der Waals surface area contributed by atoms with Crippen LogP contribution in [0.15, 0.2) is 183 Å². The molecule has 1 heteroatoms. The molecule has 8 aromatic carbocycles. The number of fused-ring (bicyclic) bond motifs is 3. The lowest BCUT2D eigenvalue weighted by molar-refractivity contribution is 1.25. The van der Waals surface area contributed by atoms with Crippen molar-refractivity contribution in [2.24, 2.45) is 5.73 Å². The van der Waals surface area contributed by atoms with Gasteiger partial charge in [-0.1, -0.05) is 183 Å². The highest BCUT2D eigenvalue weighted by atomic mass is 14.5. The number of benzene rings is 8. The van der Waals surface area contributed by atoms with Gasteiger partial charge in [0, 0.05) is 0 Å². The average molecular weight is 680 g/mol. The van der Waals surface area contributed by atoms with Crippen molar-refractivity contribution in [2.75, 3.05) is 0 Å². The number of allylic oxidation sites excluding steroid dienone is 3. The molecule has 8 rings (SSSR count). The van der Waals surface area contributed by atoms with Crippen LogP contribution in [-0.4, -0.2) is 0 Å². The summed E-state index contributed by atoms with van der Waals surface area (Å²) in [5, 5.41) is 7.41. The van der Waals surface area contributed by atoms with Gasteiger partial charge in [0.25, 0.3) is 0 Å². The molecular weight excluding hydrogens is 639 g/mol. The minimum atomic E-state index is 0.740. The molecule has 0 aliphatic heterocycles. The van der Waals surface area contributed by atoms with Crippen LogP contribution in [0.1, 0.15) is 27.8 Å². The third-order valence-corrected chi connectivity index (χ3v) is 10.4. The Bertz CT molecular complexity index is 2680. The van der Waals surface area contributed by atoms with Crippen molar-refractivity contribution in [1.29, 1.82) is 0 Å². The SMILES string of the molecule is C=Cc1cccc(C/C=C(\C=C/N)c2cccc(-c3c4ccccc4c(-c4ccc(-c5ccc(C)cc5)c5ccccc45)c4ccccc34)c2)c1C=C. The van der Waals surface area contributed by atoms with Gasteiger partial charge in [0.2, 0.25) is 0 Å². The van der Waals surface area contributed by atoms with E-state index < -0.39 is 0 Å². The number of aryl methyl sites for hydroxylation is 1. The van der Waals surface area contributed by atoms with Gasteiger partial charge in [0.1, 0.15) is 0 Å².